The molecule has 19 heavy (non-hydrogen) atoms. The van der Waals surface area contributed by atoms with Gasteiger partial charge in [0, 0.05) is 12.8 Å². The van der Waals surface area contributed by atoms with Crippen molar-refractivity contribution in [1.29, 1.82) is 0 Å². The first kappa shape index (κ1) is 12.3. The predicted molar refractivity (Wildman–Crippen MR) is 76.5 cm³/mol. The lowest BCUT2D eigenvalue weighted by Crippen LogP contribution is -1.97. The van der Waals surface area contributed by atoms with Crippen LogP contribution in [0.3, 0.4) is 0 Å². The van der Waals surface area contributed by atoms with Gasteiger partial charge in [0.15, 0.2) is 5.82 Å². The fraction of sp³-hybridized carbons (Fsp3) is 0.357. The second-order valence-corrected chi connectivity index (χ2v) is 5.58. The van der Waals surface area contributed by atoms with Crippen LogP contribution in [-0.4, -0.2) is 19.8 Å². The Morgan fingerprint density at radius 3 is 2.68 bits per heavy atom. The molecule has 98 valence electrons. The number of nitrogens with zero attached hydrogens (tertiary/aromatic N) is 4. The average molecular weight is 272 g/mol. The maximum atomic E-state index is 4.62. The molecular weight excluding hydrogens is 256 g/mol. The van der Waals surface area contributed by atoms with Crippen molar-refractivity contribution >= 4 is 16.3 Å². The molecule has 5 heteroatoms. The summed E-state index contributed by atoms with van der Waals surface area (Å²) in [5, 5.41) is 14.1. The molecule has 0 N–H and O–H groups in total. The van der Waals surface area contributed by atoms with Gasteiger partial charge in [-0.1, -0.05) is 48.6 Å². The van der Waals surface area contributed by atoms with E-state index in [-0.39, 0.29) is 0 Å². The normalized spacial score (nSPS) is 11.2. The van der Waals surface area contributed by atoms with E-state index in [4.69, 9.17) is 0 Å². The van der Waals surface area contributed by atoms with Gasteiger partial charge in [0.1, 0.15) is 5.01 Å². The molecule has 3 rings (SSSR count). The van der Waals surface area contributed by atoms with E-state index in [0.717, 1.165) is 41.5 Å². The third-order valence-electron chi connectivity index (χ3n) is 3.04. The van der Waals surface area contributed by atoms with E-state index < -0.39 is 0 Å². The zero-order valence-corrected chi connectivity index (χ0v) is 11.7. The maximum absolute atomic E-state index is 4.62. The van der Waals surface area contributed by atoms with Crippen molar-refractivity contribution in [2.75, 3.05) is 0 Å². The van der Waals surface area contributed by atoms with E-state index in [1.54, 1.807) is 11.3 Å². The summed E-state index contributed by atoms with van der Waals surface area (Å²) in [6.07, 6.45) is 3.98. The lowest BCUT2D eigenvalue weighted by Gasteiger charge is -1.97. The molecule has 0 unspecified atom stereocenters. The van der Waals surface area contributed by atoms with E-state index in [0.29, 0.717) is 0 Å². The van der Waals surface area contributed by atoms with Crippen LogP contribution < -0.4 is 0 Å². The highest BCUT2D eigenvalue weighted by Gasteiger charge is 2.10. The minimum Gasteiger partial charge on any atom is -0.187 e. The van der Waals surface area contributed by atoms with Crippen molar-refractivity contribution in [2.45, 2.75) is 32.6 Å². The molecule has 2 aromatic heterocycles. The van der Waals surface area contributed by atoms with Crippen molar-refractivity contribution in [3.05, 3.63) is 46.7 Å². The minimum absolute atomic E-state index is 0.909. The molecule has 0 aliphatic carbocycles. The van der Waals surface area contributed by atoms with Gasteiger partial charge in [0.25, 0.3) is 0 Å². The summed E-state index contributed by atoms with van der Waals surface area (Å²) in [6, 6.07) is 10.5. The van der Waals surface area contributed by atoms with Crippen LogP contribution in [0.15, 0.2) is 30.3 Å². The molecular formula is C14H16N4S. The Kier molecular flexibility index (Phi) is 3.55. The molecule has 0 spiro atoms. The van der Waals surface area contributed by atoms with Crippen LogP contribution >= 0.6 is 11.3 Å². The highest BCUT2D eigenvalue weighted by Crippen LogP contribution is 2.16. The number of hydrogen-bond donors (Lipinski definition) is 0. The summed E-state index contributed by atoms with van der Waals surface area (Å²) < 4.78 is 1.90. The monoisotopic (exact) mass is 272 g/mol. The van der Waals surface area contributed by atoms with Gasteiger partial charge in [-0.15, -0.1) is 10.2 Å². The van der Waals surface area contributed by atoms with Crippen LogP contribution in [0.5, 0.6) is 0 Å². The van der Waals surface area contributed by atoms with Gasteiger partial charge in [-0.25, -0.2) is 0 Å². The fourth-order valence-corrected chi connectivity index (χ4v) is 2.93. The predicted octanol–water partition coefficient (Wildman–Crippen LogP) is 2.92. The van der Waals surface area contributed by atoms with E-state index in [2.05, 4.69) is 46.5 Å². The van der Waals surface area contributed by atoms with Crippen LogP contribution in [0, 0.1) is 0 Å². The number of rotatable bonds is 5. The Balaban J connectivity index is 1.75. The molecule has 0 saturated carbocycles. The fourth-order valence-electron chi connectivity index (χ4n) is 2.07. The topological polar surface area (TPSA) is 43.1 Å². The summed E-state index contributed by atoms with van der Waals surface area (Å²) in [5.74, 6) is 0.972. The zero-order chi connectivity index (χ0) is 13.1. The number of hydrogen-bond acceptors (Lipinski definition) is 4. The van der Waals surface area contributed by atoms with Crippen molar-refractivity contribution < 1.29 is 0 Å². The molecule has 2 heterocycles. The molecule has 0 atom stereocenters. The second-order valence-electron chi connectivity index (χ2n) is 4.54. The third kappa shape index (κ3) is 2.66. The number of fused-ring (bicyclic) bond motifs is 1. The number of aryl methyl sites for hydroxylation is 3. The van der Waals surface area contributed by atoms with Gasteiger partial charge < -0.3 is 0 Å². The van der Waals surface area contributed by atoms with Gasteiger partial charge in [-0.3, -0.25) is 0 Å². The first-order chi connectivity index (χ1) is 9.36. The van der Waals surface area contributed by atoms with Gasteiger partial charge in [-0.2, -0.15) is 9.61 Å². The largest absolute Gasteiger partial charge is 0.234 e. The lowest BCUT2D eigenvalue weighted by molar-refractivity contribution is 0.760. The summed E-state index contributed by atoms with van der Waals surface area (Å²) >= 11 is 1.64. The Bertz CT molecular complexity index is 656. The molecule has 0 amide bonds. The highest BCUT2D eigenvalue weighted by atomic mass is 32.1. The summed E-state index contributed by atoms with van der Waals surface area (Å²) in [7, 11) is 0. The van der Waals surface area contributed by atoms with Crippen LogP contribution in [-0.2, 0) is 19.3 Å². The van der Waals surface area contributed by atoms with Gasteiger partial charge in [-0.05, 0) is 18.4 Å². The molecule has 1 aromatic carbocycles. The van der Waals surface area contributed by atoms with Gasteiger partial charge >= 0.3 is 0 Å². The van der Waals surface area contributed by atoms with Crippen molar-refractivity contribution in [2.24, 2.45) is 0 Å². The molecule has 0 aliphatic rings. The minimum atomic E-state index is 0.909. The van der Waals surface area contributed by atoms with Gasteiger partial charge in [0.05, 0.1) is 0 Å². The Morgan fingerprint density at radius 1 is 1.05 bits per heavy atom. The SMILES string of the molecule is CCCc1nnc2sc(CCc3ccccc3)nn12. The Labute approximate surface area is 116 Å². The number of aromatic nitrogens is 4. The molecule has 0 bridgehead atoms. The average Bonchev–Trinajstić information content (AvgIpc) is 3.00. The first-order valence-electron chi connectivity index (χ1n) is 6.60. The standard InChI is InChI=1S/C14H16N4S/c1-2-6-12-15-16-14-18(12)17-13(19-14)10-9-11-7-4-3-5-8-11/h3-5,7-8H,2,6,9-10H2,1H3. The molecule has 0 aliphatic heterocycles. The van der Waals surface area contributed by atoms with E-state index in [1.165, 1.54) is 5.56 Å². The summed E-state index contributed by atoms with van der Waals surface area (Å²) in [4.78, 5) is 0.909. The first-order valence-corrected chi connectivity index (χ1v) is 7.42. The maximum Gasteiger partial charge on any atom is 0.234 e. The highest BCUT2D eigenvalue weighted by molar-refractivity contribution is 7.16. The van der Waals surface area contributed by atoms with Crippen molar-refractivity contribution in [3.8, 4) is 0 Å². The smallest absolute Gasteiger partial charge is 0.187 e. The molecule has 3 aromatic rings. The summed E-state index contributed by atoms with van der Waals surface area (Å²) in [6.45, 7) is 2.14. The summed E-state index contributed by atoms with van der Waals surface area (Å²) in [5.41, 5.74) is 1.35. The molecule has 4 nitrogen and oxygen atoms in total. The third-order valence-corrected chi connectivity index (χ3v) is 4.00. The van der Waals surface area contributed by atoms with Crippen molar-refractivity contribution in [1.82, 2.24) is 19.8 Å². The van der Waals surface area contributed by atoms with Crippen molar-refractivity contribution in [3.63, 3.8) is 0 Å². The van der Waals surface area contributed by atoms with Gasteiger partial charge in [0.2, 0.25) is 4.96 Å². The van der Waals surface area contributed by atoms with Crippen LogP contribution in [0.2, 0.25) is 0 Å². The van der Waals surface area contributed by atoms with Crippen LogP contribution in [0.25, 0.3) is 4.96 Å². The number of benzene rings is 1. The van der Waals surface area contributed by atoms with E-state index in [9.17, 15) is 0 Å². The quantitative estimate of drug-likeness (QED) is 0.717. The second kappa shape index (κ2) is 5.48. The van der Waals surface area contributed by atoms with Crippen LogP contribution in [0.4, 0.5) is 0 Å². The van der Waals surface area contributed by atoms with E-state index in [1.807, 2.05) is 10.6 Å². The Hall–Kier alpha value is -1.75. The lowest BCUT2D eigenvalue weighted by atomic mass is 10.1. The molecule has 0 saturated heterocycles. The zero-order valence-electron chi connectivity index (χ0n) is 10.9. The Morgan fingerprint density at radius 2 is 1.89 bits per heavy atom. The molecule has 0 fully saturated rings. The molecule has 0 radical (unpaired) electrons. The van der Waals surface area contributed by atoms with Crippen LogP contribution in [0.1, 0.15) is 29.7 Å². The van der Waals surface area contributed by atoms with E-state index >= 15 is 0 Å².